The summed E-state index contributed by atoms with van der Waals surface area (Å²) in [6.07, 6.45) is -2.87. The number of ether oxygens (including phenoxy) is 2. The van der Waals surface area contributed by atoms with Gasteiger partial charge in [-0.3, -0.25) is 0 Å². The molecule has 0 aliphatic carbocycles. The van der Waals surface area contributed by atoms with E-state index in [0.717, 1.165) is 12.8 Å². The van der Waals surface area contributed by atoms with Gasteiger partial charge in [-0.2, -0.15) is 13.2 Å². The number of methoxy groups -OCH3 is 1. The van der Waals surface area contributed by atoms with E-state index >= 15 is 0 Å². The monoisotopic (exact) mass is 382 g/mol. The lowest BCUT2D eigenvalue weighted by Gasteiger charge is -2.14. The first-order valence-electron chi connectivity index (χ1n) is 8.34. The van der Waals surface area contributed by atoms with Gasteiger partial charge in [0, 0.05) is 18.3 Å². The summed E-state index contributed by atoms with van der Waals surface area (Å²) < 4.78 is 46.7. The minimum atomic E-state index is -4.47. The van der Waals surface area contributed by atoms with Gasteiger partial charge in [-0.15, -0.1) is 0 Å². The molecule has 146 valence electrons. The Morgan fingerprint density at radius 1 is 1.07 bits per heavy atom. The summed E-state index contributed by atoms with van der Waals surface area (Å²) >= 11 is 0. The molecule has 0 bridgehead atoms. The van der Waals surface area contributed by atoms with Crippen LogP contribution in [0, 0.1) is 0 Å². The van der Waals surface area contributed by atoms with Gasteiger partial charge in [-0.05, 0) is 30.5 Å². The molecule has 0 radical (unpaired) electrons. The van der Waals surface area contributed by atoms with E-state index in [2.05, 4.69) is 10.6 Å². The van der Waals surface area contributed by atoms with Gasteiger partial charge in [0.2, 0.25) is 0 Å². The van der Waals surface area contributed by atoms with Gasteiger partial charge in [0.15, 0.2) is 18.1 Å². The standard InChI is InChI=1S/C19H21F3N2O3/c1-26-16-10-9-15(12-17(16)27-13-19(20,21)22)24-18(25)23-11-5-8-14-6-3-2-4-7-14/h2-4,6-7,9-10,12H,5,8,11,13H2,1H3,(H2,23,24,25). The Morgan fingerprint density at radius 3 is 2.48 bits per heavy atom. The van der Waals surface area contributed by atoms with Crippen molar-refractivity contribution >= 4 is 11.7 Å². The van der Waals surface area contributed by atoms with E-state index in [0.29, 0.717) is 12.2 Å². The molecular formula is C19H21F3N2O3. The van der Waals surface area contributed by atoms with Crippen molar-refractivity contribution in [3.8, 4) is 11.5 Å². The van der Waals surface area contributed by atoms with Crippen LogP contribution in [0.5, 0.6) is 11.5 Å². The maximum absolute atomic E-state index is 12.3. The molecule has 2 N–H and O–H groups in total. The average molecular weight is 382 g/mol. The first-order chi connectivity index (χ1) is 12.9. The Balaban J connectivity index is 1.83. The van der Waals surface area contributed by atoms with Crippen LogP contribution in [0.25, 0.3) is 0 Å². The third kappa shape index (κ3) is 7.47. The predicted octanol–water partition coefficient (Wildman–Crippen LogP) is 4.39. The van der Waals surface area contributed by atoms with Gasteiger partial charge >= 0.3 is 12.2 Å². The number of carbonyl (C=O) groups is 1. The number of halogens is 3. The number of hydrogen-bond donors (Lipinski definition) is 2. The van der Waals surface area contributed by atoms with Crippen molar-refractivity contribution in [2.24, 2.45) is 0 Å². The van der Waals surface area contributed by atoms with E-state index < -0.39 is 18.8 Å². The molecule has 0 fully saturated rings. The highest BCUT2D eigenvalue weighted by Crippen LogP contribution is 2.31. The van der Waals surface area contributed by atoms with Gasteiger partial charge in [-0.1, -0.05) is 30.3 Å². The Kier molecular flexibility index (Phi) is 7.34. The Labute approximate surface area is 155 Å². The van der Waals surface area contributed by atoms with Gasteiger partial charge in [0.05, 0.1) is 7.11 Å². The average Bonchev–Trinajstić information content (AvgIpc) is 2.64. The lowest BCUT2D eigenvalue weighted by atomic mass is 10.1. The zero-order chi connectivity index (χ0) is 19.7. The number of urea groups is 1. The molecular weight excluding hydrogens is 361 g/mol. The highest BCUT2D eigenvalue weighted by atomic mass is 19.4. The van der Waals surface area contributed by atoms with Gasteiger partial charge in [0.25, 0.3) is 0 Å². The second-order valence-corrected chi connectivity index (χ2v) is 5.74. The molecule has 0 saturated heterocycles. The van der Waals surface area contributed by atoms with E-state index in [-0.39, 0.29) is 11.5 Å². The lowest BCUT2D eigenvalue weighted by Crippen LogP contribution is -2.29. The second-order valence-electron chi connectivity index (χ2n) is 5.74. The number of hydrogen-bond acceptors (Lipinski definition) is 3. The molecule has 5 nitrogen and oxygen atoms in total. The fraction of sp³-hybridized carbons (Fsp3) is 0.316. The number of carbonyl (C=O) groups excluding carboxylic acids is 1. The molecule has 0 atom stereocenters. The third-order valence-corrected chi connectivity index (χ3v) is 3.58. The number of amides is 2. The number of nitrogens with one attached hydrogen (secondary N) is 2. The molecule has 0 aromatic heterocycles. The highest BCUT2D eigenvalue weighted by molar-refractivity contribution is 5.89. The summed E-state index contributed by atoms with van der Waals surface area (Å²) in [6, 6.07) is 13.7. The maximum Gasteiger partial charge on any atom is 0.422 e. The Morgan fingerprint density at radius 2 is 1.81 bits per heavy atom. The van der Waals surface area contributed by atoms with Crippen molar-refractivity contribution in [1.29, 1.82) is 0 Å². The summed E-state index contributed by atoms with van der Waals surface area (Å²) in [5, 5.41) is 5.27. The zero-order valence-corrected chi connectivity index (χ0v) is 14.8. The van der Waals surface area contributed by atoms with Crippen LogP contribution in [0.2, 0.25) is 0 Å². The van der Waals surface area contributed by atoms with Gasteiger partial charge < -0.3 is 20.1 Å². The maximum atomic E-state index is 12.3. The summed E-state index contributed by atoms with van der Waals surface area (Å²) in [6.45, 7) is -0.979. The van der Waals surface area contributed by atoms with Crippen LogP contribution in [-0.2, 0) is 6.42 Å². The molecule has 0 aliphatic heterocycles. The van der Waals surface area contributed by atoms with Crippen molar-refractivity contribution in [3.05, 3.63) is 54.1 Å². The number of anilines is 1. The van der Waals surface area contributed by atoms with Crippen LogP contribution >= 0.6 is 0 Å². The van der Waals surface area contributed by atoms with Gasteiger partial charge in [0.1, 0.15) is 0 Å². The fourth-order valence-electron chi connectivity index (χ4n) is 2.34. The number of alkyl halides is 3. The summed E-state index contributed by atoms with van der Waals surface area (Å²) in [7, 11) is 1.32. The molecule has 2 aromatic carbocycles. The van der Waals surface area contributed by atoms with E-state index in [4.69, 9.17) is 9.47 Å². The second kappa shape index (κ2) is 9.70. The molecule has 0 heterocycles. The molecule has 0 spiro atoms. The van der Waals surface area contributed by atoms with E-state index in [1.54, 1.807) is 0 Å². The predicted molar refractivity (Wildman–Crippen MR) is 96.3 cm³/mol. The third-order valence-electron chi connectivity index (χ3n) is 3.58. The summed E-state index contributed by atoms with van der Waals surface area (Å²) in [4.78, 5) is 11.9. The van der Waals surface area contributed by atoms with Crippen LogP contribution in [0.1, 0.15) is 12.0 Å². The minimum Gasteiger partial charge on any atom is -0.493 e. The molecule has 0 aliphatic rings. The Hall–Kier alpha value is -2.90. The zero-order valence-electron chi connectivity index (χ0n) is 14.8. The van der Waals surface area contributed by atoms with Crippen LogP contribution in [0.15, 0.2) is 48.5 Å². The van der Waals surface area contributed by atoms with Crippen molar-refractivity contribution in [2.75, 3.05) is 25.6 Å². The summed E-state index contributed by atoms with van der Waals surface area (Å²) in [5.74, 6) is 0.0461. The van der Waals surface area contributed by atoms with Crippen molar-refractivity contribution in [3.63, 3.8) is 0 Å². The number of rotatable bonds is 8. The Bertz CT molecular complexity index is 737. The van der Waals surface area contributed by atoms with Crippen LogP contribution < -0.4 is 20.1 Å². The quantitative estimate of drug-likeness (QED) is 0.666. The molecule has 0 saturated carbocycles. The lowest BCUT2D eigenvalue weighted by molar-refractivity contribution is -0.153. The molecule has 0 unspecified atom stereocenters. The van der Waals surface area contributed by atoms with Crippen LogP contribution in [-0.4, -0.2) is 32.5 Å². The van der Waals surface area contributed by atoms with Crippen molar-refractivity contribution in [2.45, 2.75) is 19.0 Å². The van der Waals surface area contributed by atoms with Crippen molar-refractivity contribution < 1.29 is 27.4 Å². The molecule has 2 amide bonds. The van der Waals surface area contributed by atoms with Crippen LogP contribution in [0.3, 0.4) is 0 Å². The molecule has 27 heavy (non-hydrogen) atoms. The SMILES string of the molecule is COc1ccc(NC(=O)NCCCc2ccccc2)cc1OCC(F)(F)F. The number of aryl methyl sites for hydroxylation is 1. The topological polar surface area (TPSA) is 59.6 Å². The minimum absolute atomic E-state index is 0.100. The smallest absolute Gasteiger partial charge is 0.422 e. The van der Waals surface area contributed by atoms with Crippen LogP contribution in [0.4, 0.5) is 23.7 Å². The molecule has 2 aromatic rings. The van der Waals surface area contributed by atoms with E-state index in [1.165, 1.54) is 30.9 Å². The fourth-order valence-corrected chi connectivity index (χ4v) is 2.34. The van der Waals surface area contributed by atoms with E-state index in [1.807, 2.05) is 30.3 Å². The molecule has 2 rings (SSSR count). The largest absolute Gasteiger partial charge is 0.493 e. The van der Waals surface area contributed by atoms with Crippen molar-refractivity contribution in [1.82, 2.24) is 5.32 Å². The summed E-state index contributed by atoms with van der Waals surface area (Å²) in [5.41, 5.74) is 1.48. The first-order valence-corrected chi connectivity index (χ1v) is 8.34. The van der Waals surface area contributed by atoms with E-state index in [9.17, 15) is 18.0 Å². The normalized spacial score (nSPS) is 11.0. The highest BCUT2D eigenvalue weighted by Gasteiger charge is 2.29. The van der Waals surface area contributed by atoms with Gasteiger partial charge in [-0.25, -0.2) is 4.79 Å². The molecule has 8 heteroatoms. The first kappa shape index (κ1) is 20.4. The number of benzene rings is 2.